The Morgan fingerprint density at radius 2 is 2.05 bits per heavy atom. The number of carbonyl (C=O) groups excluding carboxylic acids is 1. The van der Waals surface area contributed by atoms with Gasteiger partial charge in [-0.2, -0.15) is 5.26 Å². The van der Waals surface area contributed by atoms with Crippen molar-refractivity contribution in [2.45, 2.75) is 0 Å². The van der Waals surface area contributed by atoms with E-state index < -0.39 is 0 Å². The number of nitriles is 1. The van der Waals surface area contributed by atoms with Crippen molar-refractivity contribution >= 4 is 45.8 Å². The van der Waals surface area contributed by atoms with Gasteiger partial charge >= 0.3 is 0 Å². The van der Waals surface area contributed by atoms with Gasteiger partial charge in [-0.15, -0.1) is 0 Å². The average molecular weight is 383 g/mol. The van der Waals surface area contributed by atoms with E-state index in [2.05, 4.69) is 27.9 Å². The van der Waals surface area contributed by atoms with Crippen LogP contribution < -0.4 is 5.32 Å². The second-order valence-electron chi connectivity index (χ2n) is 3.77. The van der Waals surface area contributed by atoms with Crippen LogP contribution in [0.5, 0.6) is 0 Å². The van der Waals surface area contributed by atoms with Crippen molar-refractivity contribution in [2.75, 3.05) is 5.32 Å². The van der Waals surface area contributed by atoms with Crippen molar-refractivity contribution in [3.63, 3.8) is 0 Å². The Balaban J connectivity index is 2.22. The Morgan fingerprint density at radius 3 is 2.68 bits per heavy atom. The molecule has 1 amide bonds. The minimum Gasteiger partial charge on any atom is -0.321 e. The minimum absolute atomic E-state index is 0.231. The largest absolute Gasteiger partial charge is 0.321 e. The number of benzene rings is 2. The van der Waals surface area contributed by atoms with Crippen LogP contribution in [0.4, 0.5) is 5.69 Å². The third-order valence-electron chi connectivity index (χ3n) is 2.43. The molecule has 0 unspecified atom stereocenters. The first-order valence-corrected chi connectivity index (χ1v) is 6.82. The van der Waals surface area contributed by atoms with Gasteiger partial charge in [-0.25, -0.2) is 0 Å². The number of carbonyl (C=O) groups is 1. The molecule has 0 aliphatic heterocycles. The highest BCUT2D eigenvalue weighted by molar-refractivity contribution is 14.1. The van der Waals surface area contributed by atoms with Gasteiger partial charge in [0.25, 0.3) is 5.91 Å². The van der Waals surface area contributed by atoms with E-state index in [1.807, 2.05) is 18.2 Å². The third kappa shape index (κ3) is 3.46. The van der Waals surface area contributed by atoms with E-state index in [1.165, 1.54) is 6.07 Å². The Bertz CT molecular complexity index is 679. The molecule has 2 aromatic rings. The normalized spacial score (nSPS) is 9.74. The molecule has 2 aromatic carbocycles. The zero-order chi connectivity index (χ0) is 13.8. The first kappa shape index (κ1) is 13.8. The summed E-state index contributed by atoms with van der Waals surface area (Å²) >= 11 is 8.15. The topological polar surface area (TPSA) is 52.9 Å². The first-order valence-electron chi connectivity index (χ1n) is 5.37. The molecule has 19 heavy (non-hydrogen) atoms. The molecule has 5 heteroatoms. The highest BCUT2D eigenvalue weighted by Gasteiger charge is 2.09. The minimum atomic E-state index is -0.231. The van der Waals surface area contributed by atoms with Crippen LogP contribution in [0.1, 0.15) is 15.9 Å². The number of hydrogen-bond donors (Lipinski definition) is 1. The summed E-state index contributed by atoms with van der Waals surface area (Å²) in [5.74, 6) is -0.231. The van der Waals surface area contributed by atoms with Gasteiger partial charge < -0.3 is 5.32 Å². The first-order chi connectivity index (χ1) is 9.10. The van der Waals surface area contributed by atoms with Crippen LogP contribution in [0.2, 0.25) is 5.02 Å². The Kier molecular flexibility index (Phi) is 4.40. The number of amides is 1. The van der Waals surface area contributed by atoms with E-state index in [1.54, 1.807) is 24.3 Å². The van der Waals surface area contributed by atoms with E-state index in [9.17, 15) is 4.79 Å². The molecule has 0 radical (unpaired) electrons. The number of hydrogen-bond acceptors (Lipinski definition) is 2. The second kappa shape index (κ2) is 6.04. The Hall–Kier alpha value is -1.58. The van der Waals surface area contributed by atoms with Crippen molar-refractivity contribution in [1.82, 2.24) is 0 Å². The maximum Gasteiger partial charge on any atom is 0.255 e. The van der Waals surface area contributed by atoms with Crippen molar-refractivity contribution in [3.8, 4) is 6.07 Å². The maximum atomic E-state index is 12.0. The van der Waals surface area contributed by atoms with Crippen LogP contribution in [-0.2, 0) is 0 Å². The highest BCUT2D eigenvalue weighted by Crippen LogP contribution is 2.23. The van der Waals surface area contributed by atoms with Crippen molar-refractivity contribution in [3.05, 3.63) is 62.2 Å². The summed E-state index contributed by atoms with van der Waals surface area (Å²) in [6, 6.07) is 14.0. The molecule has 0 aliphatic carbocycles. The van der Waals surface area contributed by atoms with E-state index in [4.69, 9.17) is 16.9 Å². The predicted octanol–water partition coefficient (Wildman–Crippen LogP) is 4.07. The molecule has 94 valence electrons. The number of halogens is 2. The lowest BCUT2D eigenvalue weighted by Gasteiger charge is -2.07. The van der Waals surface area contributed by atoms with Crippen LogP contribution >= 0.6 is 34.2 Å². The molecule has 0 saturated carbocycles. The molecule has 0 atom stereocenters. The van der Waals surface area contributed by atoms with Crippen molar-refractivity contribution in [1.29, 1.82) is 5.26 Å². The van der Waals surface area contributed by atoms with Gasteiger partial charge in [0.1, 0.15) is 0 Å². The molecule has 0 fully saturated rings. The standard InChI is InChI=1S/C14H8ClIN2O/c15-12-6-9(8-17)4-5-13(12)18-14(19)10-2-1-3-11(16)7-10/h1-7H,(H,18,19). The number of nitrogens with zero attached hydrogens (tertiary/aromatic N) is 1. The zero-order valence-electron chi connectivity index (χ0n) is 9.65. The highest BCUT2D eigenvalue weighted by atomic mass is 127. The smallest absolute Gasteiger partial charge is 0.255 e. The van der Waals surface area contributed by atoms with E-state index in [0.29, 0.717) is 21.8 Å². The summed E-state index contributed by atoms with van der Waals surface area (Å²) in [4.78, 5) is 12.0. The van der Waals surface area contributed by atoms with Gasteiger partial charge in [-0.05, 0) is 59.0 Å². The Labute approximate surface area is 129 Å². The monoisotopic (exact) mass is 382 g/mol. The summed E-state index contributed by atoms with van der Waals surface area (Å²) in [5, 5.41) is 11.8. The summed E-state index contributed by atoms with van der Waals surface area (Å²) < 4.78 is 0.983. The maximum absolute atomic E-state index is 12.0. The van der Waals surface area contributed by atoms with E-state index >= 15 is 0 Å². The van der Waals surface area contributed by atoms with Crippen LogP contribution in [0, 0.1) is 14.9 Å². The summed E-state index contributed by atoms with van der Waals surface area (Å²) in [6.45, 7) is 0. The molecule has 3 nitrogen and oxygen atoms in total. The van der Waals surface area contributed by atoms with Gasteiger partial charge in [0.2, 0.25) is 0 Å². The fourth-order valence-corrected chi connectivity index (χ4v) is 2.28. The molecule has 0 aromatic heterocycles. The van der Waals surface area contributed by atoms with Crippen LogP contribution in [0.15, 0.2) is 42.5 Å². The van der Waals surface area contributed by atoms with Crippen LogP contribution in [0.25, 0.3) is 0 Å². The summed E-state index contributed by atoms with van der Waals surface area (Å²) in [5.41, 5.74) is 1.51. The molecule has 0 aliphatic rings. The van der Waals surface area contributed by atoms with Gasteiger partial charge in [0.05, 0.1) is 22.3 Å². The van der Waals surface area contributed by atoms with E-state index in [0.717, 1.165) is 3.57 Å². The molecule has 0 saturated heterocycles. The molecular formula is C14H8ClIN2O. The fraction of sp³-hybridized carbons (Fsp3) is 0. The van der Waals surface area contributed by atoms with Crippen LogP contribution in [-0.4, -0.2) is 5.91 Å². The predicted molar refractivity (Wildman–Crippen MR) is 83.3 cm³/mol. The van der Waals surface area contributed by atoms with Crippen LogP contribution in [0.3, 0.4) is 0 Å². The second-order valence-corrected chi connectivity index (χ2v) is 5.42. The van der Waals surface area contributed by atoms with Gasteiger partial charge in [-0.3, -0.25) is 4.79 Å². The van der Waals surface area contributed by atoms with Gasteiger partial charge in [0.15, 0.2) is 0 Å². The SMILES string of the molecule is N#Cc1ccc(NC(=O)c2cccc(I)c2)c(Cl)c1. The third-order valence-corrected chi connectivity index (χ3v) is 3.42. The molecule has 0 spiro atoms. The lowest BCUT2D eigenvalue weighted by Crippen LogP contribution is -2.12. The number of nitrogens with one attached hydrogen (secondary N) is 1. The van der Waals surface area contributed by atoms with E-state index in [-0.39, 0.29) is 5.91 Å². The number of anilines is 1. The molecular weight excluding hydrogens is 375 g/mol. The number of rotatable bonds is 2. The Morgan fingerprint density at radius 1 is 1.26 bits per heavy atom. The lowest BCUT2D eigenvalue weighted by molar-refractivity contribution is 0.102. The average Bonchev–Trinajstić information content (AvgIpc) is 2.41. The summed E-state index contributed by atoms with van der Waals surface area (Å²) in [6.07, 6.45) is 0. The molecule has 2 rings (SSSR count). The van der Waals surface area contributed by atoms with Crippen molar-refractivity contribution in [2.24, 2.45) is 0 Å². The van der Waals surface area contributed by atoms with Crippen molar-refractivity contribution < 1.29 is 4.79 Å². The lowest BCUT2D eigenvalue weighted by atomic mass is 10.2. The zero-order valence-corrected chi connectivity index (χ0v) is 12.6. The molecule has 0 bridgehead atoms. The quantitative estimate of drug-likeness (QED) is 0.796. The summed E-state index contributed by atoms with van der Waals surface area (Å²) in [7, 11) is 0. The molecule has 0 heterocycles. The fourth-order valence-electron chi connectivity index (χ4n) is 1.51. The molecule has 1 N–H and O–H groups in total. The van der Waals surface area contributed by atoms with Gasteiger partial charge in [-0.1, -0.05) is 17.7 Å². The van der Waals surface area contributed by atoms with Gasteiger partial charge in [0, 0.05) is 9.13 Å².